The number of aryl methyl sites for hydroxylation is 1. The summed E-state index contributed by atoms with van der Waals surface area (Å²) in [5.74, 6) is 0.977. The molecule has 0 unspecified atom stereocenters. The smallest absolute Gasteiger partial charge is 0.265 e. The summed E-state index contributed by atoms with van der Waals surface area (Å²) in [5, 5.41) is 0. The molecule has 0 spiro atoms. The SMILES string of the molecule is Cc1cc(-c2nc(N)[nH]c2-c2ccc3c(c2)N(C(C)C)C(=O)CO3)ccn1. The van der Waals surface area contributed by atoms with Crippen LogP contribution in [0.15, 0.2) is 36.5 Å². The normalized spacial score (nSPS) is 13.6. The van der Waals surface area contributed by atoms with Crippen LogP contribution < -0.4 is 15.4 Å². The van der Waals surface area contributed by atoms with E-state index in [1.807, 2.05) is 51.1 Å². The molecule has 1 aliphatic rings. The summed E-state index contributed by atoms with van der Waals surface area (Å²) in [6.07, 6.45) is 1.75. The Labute approximate surface area is 157 Å². The zero-order valence-electron chi connectivity index (χ0n) is 15.5. The quantitative estimate of drug-likeness (QED) is 0.745. The minimum absolute atomic E-state index is 0.0320. The molecule has 0 radical (unpaired) electrons. The van der Waals surface area contributed by atoms with Gasteiger partial charge in [0, 0.05) is 29.1 Å². The highest BCUT2D eigenvalue weighted by molar-refractivity contribution is 5.99. The van der Waals surface area contributed by atoms with E-state index in [2.05, 4.69) is 15.0 Å². The number of hydrogen-bond acceptors (Lipinski definition) is 5. The summed E-state index contributed by atoms with van der Waals surface area (Å²) in [4.78, 5) is 25.9. The van der Waals surface area contributed by atoms with Crippen molar-refractivity contribution < 1.29 is 9.53 Å². The van der Waals surface area contributed by atoms with Gasteiger partial charge in [0.2, 0.25) is 0 Å². The summed E-state index contributed by atoms with van der Waals surface area (Å²) in [7, 11) is 0. The lowest BCUT2D eigenvalue weighted by molar-refractivity contribution is -0.121. The Morgan fingerprint density at radius 3 is 2.78 bits per heavy atom. The molecule has 1 aromatic carbocycles. The maximum Gasteiger partial charge on any atom is 0.265 e. The first-order valence-corrected chi connectivity index (χ1v) is 8.82. The number of anilines is 2. The van der Waals surface area contributed by atoms with Crippen LogP contribution in [-0.4, -0.2) is 33.5 Å². The summed E-state index contributed by atoms with van der Waals surface area (Å²) in [5.41, 5.74) is 11.0. The van der Waals surface area contributed by atoms with Crippen LogP contribution in [-0.2, 0) is 4.79 Å². The van der Waals surface area contributed by atoms with E-state index in [1.54, 1.807) is 11.1 Å². The Bertz CT molecular complexity index is 1020. The number of nitrogens with zero attached hydrogens (tertiary/aromatic N) is 3. The van der Waals surface area contributed by atoms with Crippen molar-refractivity contribution in [2.24, 2.45) is 0 Å². The average molecular weight is 363 g/mol. The van der Waals surface area contributed by atoms with Crippen LogP contribution in [0.25, 0.3) is 22.5 Å². The van der Waals surface area contributed by atoms with Crippen molar-refractivity contribution in [2.75, 3.05) is 17.2 Å². The Morgan fingerprint density at radius 2 is 2.04 bits per heavy atom. The number of H-pyrrole nitrogens is 1. The largest absolute Gasteiger partial charge is 0.482 e. The van der Waals surface area contributed by atoms with Gasteiger partial charge >= 0.3 is 0 Å². The molecule has 7 nitrogen and oxygen atoms in total. The number of pyridine rings is 1. The molecule has 1 aliphatic heterocycles. The molecule has 0 fully saturated rings. The van der Waals surface area contributed by atoms with Crippen molar-refractivity contribution in [1.29, 1.82) is 0 Å². The van der Waals surface area contributed by atoms with Crippen LogP contribution >= 0.6 is 0 Å². The number of rotatable bonds is 3. The second-order valence-corrected chi connectivity index (χ2v) is 6.86. The number of imidazole rings is 1. The van der Waals surface area contributed by atoms with Crippen LogP contribution in [0, 0.1) is 6.92 Å². The number of nitrogens with one attached hydrogen (secondary N) is 1. The standard InChI is InChI=1S/C20H21N5O2/c1-11(2)25-15-9-13(4-5-16(15)27-10-17(25)26)18-19(24-20(21)23-18)14-6-7-22-12(3)8-14/h4-9,11H,10H2,1-3H3,(H3,21,23,24). The summed E-state index contributed by atoms with van der Waals surface area (Å²) < 4.78 is 5.59. The fraction of sp³-hybridized carbons (Fsp3) is 0.250. The number of amides is 1. The molecule has 0 saturated carbocycles. The maximum atomic E-state index is 12.3. The minimum atomic E-state index is -0.0521. The van der Waals surface area contributed by atoms with E-state index in [-0.39, 0.29) is 18.6 Å². The summed E-state index contributed by atoms with van der Waals surface area (Å²) in [6.45, 7) is 5.96. The van der Waals surface area contributed by atoms with Crippen molar-refractivity contribution in [2.45, 2.75) is 26.8 Å². The average Bonchev–Trinajstić information content (AvgIpc) is 3.02. The zero-order valence-corrected chi connectivity index (χ0v) is 15.5. The molecular formula is C20H21N5O2. The maximum absolute atomic E-state index is 12.3. The predicted octanol–water partition coefficient (Wildman–Crippen LogP) is 3.16. The first-order valence-electron chi connectivity index (χ1n) is 8.82. The number of aromatic nitrogens is 3. The molecule has 3 aromatic rings. The molecule has 3 N–H and O–H groups in total. The number of carbonyl (C=O) groups is 1. The molecule has 0 saturated heterocycles. The van der Waals surface area contributed by atoms with Crippen LogP contribution in [0.2, 0.25) is 0 Å². The van der Waals surface area contributed by atoms with Gasteiger partial charge in [0.15, 0.2) is 12.6 Å². The van der Waals surface area contributed by atoms with Gasteiger partial charge in [-0.15, -0.1) is 0 Å². The molecule has 138 valence electrons. The number of ether oxygens (including phenoxy) is 1. The van der Waals surface area contributed by atoms with E-state index in [9.17, 15) is 4.79 Å². The molecule has 0 aliphatic carbocycles. The Hall–Kier alpha value is -3.35. The minimum Gasteiger partial charge on any atom is -0.482 e. The topological polar surface area (TPSA) is 97.1 Å². The predicted molar refractivity (Wildman–Crippen MR) is 105 cm³/mol. The summed E-state index contributed by atoms with van der Waals surface area (Å²) in [6, 6.07) is 9.66. The van der Waals surface area contributed by atoms with Gasteiger partial charge in [-0.2, -0.15) is 0 Å². The number of fused-ring (bicyclic) bond motifs is 1. The lowest BCUT2D eigenvalue weighted by atomic mass is 10.0. The van der Waals surface area contributed by atoms with Gasteiger partial charge in [-0.1, -0.05) is 0 Å². The lowest BCUT2D eigenvalue weighted by Crippen LogP contribution is -2.43. The van der Waals surface area contributed by atoms with Crippen LogP contribution in [0.5, 0.6) is 5.75 Å². The molecule has 4 rings (SSSR count). The van der Waals surface area contributed by atoms with Gasteiger partial charge in [0.25, 0.3) is 5.91 Å². The van der Waals surface area contributed by atoms with E-state index in [0.717, 1.165) is 33.9 Å². The molecule has 27 heavy (non-hydrogen) atoms. The van der Waals surface area contributed by atoms with E-state index in [4.69, 9.17) is 10.5 Å². The number of benzene rings is 1. The third kappa shape index (κ3) is 3.01. The van der Waals surface area contributed by atoms with E-state index in [0.29, 0.717) is 11.7 Å². The van der Waals surface area contributed by atoms with Crippen LogP contribution in [0.4, 0.5) is 11.6 Å². The Morgan fingerprint density at radius 1 is 1.22 bits per heavy atom. The highest BCUT2D eigenvalue weighted by atomic mass is 16.5. The number of nitrogens with two attached hydrogens (primary N) is 1. The first-order chi connectivity index (χ1) is 12.9. The van der Waals surface area contributed by atoms with Crippen molar-refractivity contribution in [3.63, 3.8) is 0 Å². The number of aromatic amines is 1. The van der Waals surface area contributed by atoms with Crippen molar-refractivity contribution in [3.05, 3.63) is 42.2 Å². The second-order valence-electron chi connectivity index (χ2n) is 6.86. The van der Waals surface area contributed by atoms with Crippen molar-refractivity contribution in [3.8, 4) is 28.3 Å². The fourth-order valence-electron chi connectivity index (χ4n) is 3.39. The lowest BCUT2D eigenvalue weighted by Gasteiger charge is -2.32. The Balaban J connectivity index is 1.85. The van der Waals surface area contributed by atoms with Crippen LogP contribution in [0.3, 0.4) is 0 Å². The number of carbonyl (C=O) groups excluding carboxylic acids is 1. The van der Waals surface area contributed by atoms with Gasteiger partial charge in [0.05, 0.1) is 17.1 Å². The van der Waals surface area contributed by atoms with Gasteiger partial charge < -0.3 is 20.4 Å². The third-order valence-electron chi connectivity index (χ3n) is 4.54. The highest BCUT2D eigenvalue weighted by Crippen LogP contribution is 2.39. The van der Waals surface area contributed by atoms with Gasteiger partial charge in [-0.25, -0.2) is 4.98 Å². The van der Waals surface area contributed by atoms with E-state index in [1.165, 1.54) is 0 Å². The van der Waals surface area contributed by atoms with Gasteiger partial charge in [-0.05, 0) is 51.1 Å². The molecule has 0 atom stereocenters. The van der Waals surface area contributed by atoms with Crippen molar-refractivity contribution in [1.82, 2.24) is 15.0 Å². The fourth-order valence-corrected chi connectivity index (χ4v) is 3.39. The highest BCUT2D eigenvalue weighted by Gasteiger charge is 2.28. The second kappa shape index (κ2) is 6.42. The first kappa shape index (κ1) is 17.1. The summed E-state index contributed by atoms with van der Waals surface area (Å²) >= 11 is 0. The third-order valence-corrected chi connectivity index (χ3v) is 4.54. The van der Waals surface area contributed by atoms with E-state index >= 15 is 0 Å². The van der Waals surface area contributed by atoms with Crippen molar-refractivity contribution >= 4 is 17.5 Å². The molecule has 3 heterocycles. The Kier molecular flexibility index (Phi) is 4.07. The molecular weight excluding hydrogens is 342 g/mol. The molecule has 1 amide bonds. The molecule has 7 heteroatoms. The van der Waals surface area contributed by atoms with E-state index < -0.39 is 0 Å². The molecule has 2 aromatic heterocycles. The molecule has 0 bridgehead atoms. The van der Waals surface area contributed by atoms with Gasteiger partial charge in [0.1, 0.15) is 5.75 Å². The van der Waals surface area contributed by atoms with Gasteiger partial charge in [-0.3, -0.25) is 9.78 Å². The zero-order chi connectivity index (χ0) is 19.1. The number of hydrogen-bond donors (Lipinski definition) is 2. The number of nitrogen functional groups attached to an aromatic ring is 1. The van der Waals surface area contributed by atoms with Crippen LogP contribution in [0.1, 0.15) is 19.5 Å². The monoisotopic (exact) mass is 363 g/mol.